The monoisotopic (exact) mass is 404 g/mol. The van der Waals surface area contributed by atoms with Gasteiger partial charge >= 0.3 is 0 Å². The number of aromatic nitrogens is 2. The number of hydrogen-bond acceptors (Lipinski definition) is 4. The van der Waals surface area contributed by atoms with Crippen LogP contribution in [0.1, 0.15) is 48.3 Å². The summed E-state index contributed by atoms with van der Waals surface area (Å²) in [6.45, 7) is 8.19. The van der Waals surface area contributed by atoms with E-state index < -0.39 is 0 Å². The van der Waals surface area contributed by atoms with Crippen LogP contribution in [0, 0.1) is 32.6 Å². The molecule has 3 aliphatic rings. The minimum atomic E-state index is 0.286. The first-order valence-corrected chi connectivity index (χ1v) is 11.4. The van der Waals surface area contributed by atoms with Gasteiger partial charge < -0.3 is 9.80 Å². The molecule has 3 fully saturated rings. The van der Waals surface area contributed by atoms with E-state index in [2.05, 4.69) is 59.0 Å². The summed E-state index contributed by atoms with van der Waals surface area (Å²) in [5, 5.41) is 0. The van der Waals surface area contributed by atoms with Crippen LogP contribution >= 0.6 is 0 Å². The van der Waals surface area contributed by atoms with Crippen LogP contribution in [-0.4, -0.2) is 45.9 Å². The van der Waals surface area contributed by atoms with Crippen molar-refractivity contribution in [2.45, 2.75) is 65.0 Å². The summed E-state index contributed by atoms with van der Waals surface area (Å²) >= 11 is 0. The van der Waals surface area contributed by atoms with E-state index in [0.29, 0.717) is 30.2 Å². The van der Waals surface area contributed by atoms with Crippen molar-refractivity contribution in [1.29, 1.82) is 0 Å². The Kier molecular flexibility index (Phi) is 5.00. The molecule has 0 unspecified atom stereocenters. The van der Waals surface area contributed by atoms with Crippen molar-refractivity contribution in [1.82, 2.24) is 14.9 Å². The number of carbonyl (C=O) groups excluding carboxylic acids is 1. The summed E-state index contributed by atoms with van der Waals surface area (Å²) in [6.07, 6.45) is 5.07. The smallest absolute Gasteiger partial charge is 0.223 e. The fourth-order valence-corrected chi connectivity index (χ4v) is 6.12. The molecule has 5 heteroatoms. The number of nitrogens with zero attached hydrogens (tertiary/aromatic N) is 4. The molecule has 30 heavy (non-hydrogen) atoms. The van der Waals surface area contributed by atoms with Crippen LogP contribution in [0.5, 0.6) is 0 Å². The van der Waals surface area contributed by atoms with Crippen LogP contribution in [0.25, 0.3) is 0 Å². The Balaban J connectivity index is 1.50. The zero-order chi connectivity index (χ0) is 20.8. The molecule has 5 rings (SSSR count). The van der Waals surface area contributed by atoms with Gasteiger partial charge in [-0.05, 0) is 63.9 Å². The van der Waals surface area contributed by atoms with Crippen LogP contribution in [0.2, 0.25) is 0 Å². The molecule has 1 aromatic heterocycles. The highest BCUT2D eigenvalue weighted by Gasteiger charge is 2.49. The van der Waals surface area contributed by atoms with E-state index in [0.717, 1.165) is 49.7 Å². The van der Waals surface area contributed by atoms with Gasteiger partial charge in [-0.1, -0.05) is 30.3 Å². The zero-order valence-electron chi connectivity index (χ0n) is 18.3. The molecular weight excluding hydrogens is 372 g/mol. The van der Waals surface area contributed by atoms with E-state index in [-0.39, 0.29) is 6.04 Å². The summed E-state index contributed by atoms with van der Waals surface area (Å²) in [6, 6.07) is 11.4. The Hall–Kier alpha value is -2.43. The maximum atomic E-state index is 13.0. The maximum absolute atomic E-state index is 13.0. The molecule has 4 atom stereocenters. The Morgan fingerprint density at radius 2 is 1.80 bits per heavy atom. The number of piperidine rings is 3. The zero-order valence-corrected chi connectivity index (χ0v) is 18.3. The third kappa shape index (κ3) is 3.38. The molecule has 0 N–H and O–H groups in total. The lowest BCUT2D eigenvalue weighted by Crippen LogP contribution is -2.65. The lowest BCUT2D eigenvalue weighted by atomic mass is 9.70. The van der Waals surface area contributed by atoms with Gasteiger partial charge in [0, 0.05) is 42.9 Å². The molecule has 2 bridgehead atoms. The quantitative estimate of drug-likeness (QED) is 0.780. The van der Waals surface area contributed by atoms with Gasteiger partial charge in [-0.3, -0.25) is 4.79 Å². The first kappa shape index (κ1) is 19.5. The molecule has 2 aromatic rings. The first-order chi connectivity index (χ1) is 14.5. The van der Waals surface area contributed by atoms with Crippen molar-refractivity contribution in [3.63, 3.8) is 0 Å². The number of anilines is 1. The molecule has 3 saturated heterocycles. The van der Waals surface area contributed by atoms with E-state index in [1.807, 2.05) is 6.92 Å². The standard InChI is InChI=1S/C25H32N4O/c1-16-17(2)26-18(3)27-25(16)28-14-20-13-21(15-28)23(12-19-8-5-4-6-9-19)29-22(20)10-7-11-24(29)30/h4-6,8-9,20-23H,7,10-15H2,1-3H3/t20-,21+,22+,23+/m1/s1. The van der Waals surface area contributed by atoms with E-state index >= 15 is 0 Å². The predicted octanol–water partition coefficient (Wildman–Crippen LogP) is 3.85. The minimum absolute atomic E-state index is 0.286. The van der Waals surface area contributed by atoms with Crippen LogP contribution in [0.3, 0.4) is 0 Å². The van der Waals surface area contributed by atoms with Crippen LogP contribution < -0.4 is 4.90 Å². The number of hydrogen-bond donors (Lipinski definition) is 0. The Labute approximate surface area is 179 Å². The number of fused-ring (bicyclic) bond motifs is 4. The largest absolute Gasteiger partial charge is 0.356 e. The molecule has 5 nitrogen and oxygen atoms in total. The molecule has 3 aliphatic heterocycles. The normalized spacial score (nSPS) is 28.4. The SMILES string of the molecule is Cc1nc(C)c(C)c(N2C[C@H]3C[C@@H](C2)[C@H](Cc2ccccc2)N2C(=O)CCC[C@@H]32)n1. The van der Waals surface area contributed by atoms with Gasteiger partial charge in [0.05, 0.1) is 0 Å². The third-order valence-electron chi connectivity index (χ3n) is 7.56. The Morgan fingerprint density at radius 3 is 2.60 bits per heavy atom. The van der Waals surface area contributed by atoms with E-state index in [9.17, 15) is 4.79 Å². The highest BCUT2D eigenvalue weighted by Crippen LogP contribution is 2.43. The molecule has 1 aromatic carbocycles. The molecule has 4 heterocycles. The second kappa shape index (κ2) is 7.68. The Morgan fingerprint density at radius 1 is 1.03 bits per heavy atom. The van der Waals surface area contributed by atoms with Crippen LogP contribution in [0.15, 0.2) is 30.3 Å². The second-order valence-electron chi connectivity index (χ2n) is 9.48. The average Bonchev–Trinajstić information content (AvgIpc) is 2.74. The van der Waals surface area contributed by atoms with Gasteiger partial charge in [0.15, 0.2) is 0 Å². The summed E-state index contributed by atoms with van der Waals surface area (Å²) in [5.74, 6) is 3.34. The van der Waals surface area contributed by atoms with Crippen molar-refractivity contribution in [3.8, 4) is 0 Å². The lowest BCUT2D eigenvalue weighted by Gasteiger charge is -2.57. The molecule has 1 amide bonds. The summed E-state index contributed by atoms with van der Waals surface area (Å²) < 4.78 is 0. The van der Waals surface area contributed by atoms with Crippen molar-refractivity contribution in [2.24, 2.45) is 11.8 Å². The third-order valence-corrected chi connectivity index (χ3v) is 7.56. The summed E-state index contributed by atoms with van der Waals surface area (Å²) in [4.78, 5) is 27.3. The van der Waals surface area contributed by atoms with Crippen molar-refractivity contribution in [3.05, 3.63) is 53.0 Å². The molecule has 0 saturated carbocycles. The van der Waals surface area contributed by atoms with Gasteiger partial charge in [-0.25, -0.2) is 9.97 Å². The minimum Gasteiger partial charge on any atom is -0.356 e. The number of amides is 1. The summed E-state index contributed by atoms with van der Waals surface area (Å²) in [5.41, 5.74) is 3.60. The number of rotatable bonds is 3. The van der Waals surface area contributed by atoms with Crippen LogP contribution in [-0.2, 0) is 11.2 Å². The number of aryl methyl sites for hydroxylation is 2. The molecule has 0 radical (unpaired) electrons. The van der Waals surface area contributed by atoms with Gasteiger partial charge in [-0.15, -0.1) is 0 Å². The number of carbonyl (C=O) groups is 1. The van der Waals surface area contributed by atoms with Crippen molar-refractivity contribution in [2.75, 3.05) is 18.0 Å². The average molecular weight is 405 g/mol. The lowest BCUT2D eigenvalue weighted by molar-refractivity contribution is -0.148. The second-order valence-corrected chi connectivity index (χ2v) is 9.48. The number of benzene rings is 1. The molecule has 158 valence electrons. The summed E-state index contributed by atoms with van der Waals surface area (Å²) in [7, 11) is 0. The fraction of sp³-hybridized carbons (Fsp3) is 0.560. The predicted molar refractivity (Wildman–Crippen MR) is 118 cm³/mol. The highest BCUT2D eigenvalue weighted by atomic mass is 16.2. The van der Waals surface area contributed by atoms with Crippen molar-refractivity contribution < 1.29 is 4.79 Å². The van der Waals surface area contributed by atoms with Gasteiger partial charge in [-0.2, -0.15) is 0 Å². The molecule has 0 aliphatic carbocycles. The van der Waals surface area contributed by atoms with Gasteiger partial charge in [0.2, 0.25) is 5.91 Å². The fourth-order valence-electron chi connectivity index (χ4n) is 6.12. The van der Waals surface area contributed by atoms with Gasteiger partial charge in [0.25, 0.3) is 0 Å². The Bertz CT molecular complexity index is 944. The topological polar surface area (TPSA) is 49.3 Å². The van der Waals surface area contributed by atoms with E-state index in [1.165, 1.54) is 17.5 Å². The van der Waals surface area contributed by atoms with Crippen LogP contribution in [0.4, 0.5) is 5.82 Å². The van der Waals surface area contributed by atoms with E-state index in [4.69, 9.17) is 4.98 Å². The molecule has 0 spiro atoms. The van der Waals surface area contributed by atoms with E-state index in [1.54, 1.807) is 0 Å². The van der Waals surface area contributed by atoms with Crippen molar-refractivity contribution >= 4 is 11.7 Å². The van der Waals surface area contributed by atoms with Gasteiger partial charge in [0.1, 0.15) is 11.6 Å². The maximum Gasteiger partial charge on any atom is 0.223 e. The highest BCUT2D eigenvalue weighted by molar-refractivity contribution is 5.78. The first-order valence-electron chi connectivity index (χ1n) is 11.4. The molecular formula is C25H32N4O.